The number of rotatable bonds is 11. The SMILES string of the molecule is C=CCN(CC=C)S(=O)(=O)c1ccc(C(=O)N=c2sc3cc(C(C)C)ccc3n2CC(=O)OCC)cc1. The summed E-state index contributed by atoms with van der Waals surface area (Å²) in [6, 6.07) is 11.6. The van der Waals surface area contributed by atoms with E-state index in [1.54, 1.807) is 11.5 Å². The van der Waals surface area contributed by atoms with Crippen molar-refractivity contribution in [3.63, 3.8) is 0 Å². The van der Waals surface area contributed by atoms with Gasteiger partial charge in [0.25, 0.3) is 5.91 Å². The number of fused-ring (bicyclic) bond motifs is 1. The zero-order valence-electron chi connectivity index (χ0n) is 21.2. The summed E-state index contributed by atoms with van der Waals surface area (Å²) in [6.07, 6.45) is 3.00. The van der Waals surface area contributed by atoms with E-state index in [0.717, 1.165) is 15.8 Å². The molecule has 3 aromatic rings. The second kappa shape index (κ2) is 12.3. The lowest BCUT2D eigenvalue weighted by Gasteiger charge is -2.19. The molecule has 1 heterocycles. The Kier molecular flexibility index (Phi) is 9.36. The zero-order valence-corrected chi connectivity index (χ0v) is 22.8. The van der Waals surface area contributed by atoms with Crippen LogP contribution in [0.25, 0.3) is 10.2 Å². The minimum atomic E-state index is -3.79. The number of carbonyl (C=O) groups excluding carboxylic acids is 2. The summed E-state index contributed by atoms with van der Waals surface area (Å²) in [5.41, 5.74) is 2.13. The molecule has 37 heavy (non-hydrogen) atoms. The number of sulfonamides is 1. The van der Waals surface area contributed by atoms with Gasteiger partial charge < -0.3 is 9.30 Å². The van der Waals surface area contributed by atoms with E-state index in [-0.39, 0.29) is 36.7 Å². The molecule has 0 unspecified atom stereocenters. The van der Waals surface area contributed by atoms with Gasteiger partial charge in [0.2, 0.25) is 10.0 Å². The van der Waals surface area contributed by atoms with Crippen LogP contribution in [0.2, 0.25) is 0 Å². The Bertz CT molecular complexity index is 1470. The van der Waals surface area contributed by atoms with Gasteiger partial charge in [0.15, 0.2) is 4.80 Å². The molecule has 0 aliphatic rings. The van der Waals surface area contributed by atoms with Crippen molar-refractivity contribution in [3.8, 4) is 0 Å². The first-order valence-corrected chi connectivity index (χ1v) is 14.1. The Labute approximate surface area is 221 Å². The van der Waals surface area contributed by atoms with Crippen molar-refractivity contribution >= 4 is 43.5 Å². The Morgan fingerprint density at radius 1 is 1.11 bits per heavy atom. The van der Waals surface area contributed by atoms with E-state index in [1.165, 1.54) is 52.1 Å². The molecular weight excluding hydrogens is 510 g/mol. The second-order valence-corrected chi connectivity index (χ2v) is 11.4. The molecule has 3 rings (SSSR count). The molecule has 0 radical (unpaired) electrons. The molecule has 0 fully saturated rings. The molecule has 0 spiro atoms. The molecule has 10 heteroatoms. The molecule has 0 bridgehead atoms. The molecule has 8 nitrogen and oxygen atoms in total. The van der Waals surface area contributed by atoms with Crippen molar-refractivity contribution in [2.75, 3.05) is 19.7 Å². The Morgan fingerprint density at radius 3 is 2.32 bits per heavy atom. The number of aromatic nitrogens is 1. The standard InChI is InChI=1S/C27H31N3O5S2/c1-6-15-29(16-7-2)37(33,34)22-12-9-20(10-13-22)26(32)28-27-30(18-25(31)35-8-3)23-14-11-21(19(4)5)17-24(23)36-27/h6-7,9-14,17,19H,1-2,8,15-16,18H2,3-5H3. The van der Waals surface area contributed by atoms with Crippen LogP contribution in [0.3, 0.4) is 0 Å². The van der Waals surface area contributed by atoms with Crippen LogP contribution in [0.15, 0.2) is 77.7 Å². The van der Waals surface area contributed by atoms with Crippen molar-refractivity contribution < 1.29 is 22.7 Å². The van der Waals surface area contributed by atoms with Crippen molar-refractivity contribution in [1.29, 1.82) is 0 Å². The summed E-state index contributed by atoms with van der Waals surface area (Å²) >= 11 is 1.31. The predicted octanol–water partition coefficient (Wildman–Crippen LogP) is 4.49. The first-order valence-electron chi connectivity index (χ1n) is 11.8. The number of amides is 1. The molecule has 0 aliphatic heterocycles. The zero-order chi connectivity index (χ0) is 27.2. The number of ether oxygens (including phenoxy) is 1. The van der Waals surface area contributed by atoms with Gasteiger partial charge >= 0.3 is 5.97 Å². The number of carbonyl (C=O) groups is 2. The molecule has 1 amide bonds. The van der Waals surface area contributed by atoms with E-state index in [2.05, 4.69) is 32.0 Å². The molecule has 1 aromatic heterocycles. The lowest BCUT2D eigenvalue weighted by Crippen LogP contribution is -2.31. The van der Waals surface area contributed by atoms with E-state index >= 15 is 0 Å². The summed E-state index contributed by atoms with van der Waals surface area (Å²) < 4.78 is 34.8. The van der Waals surface area contributed by atoms with Crippen LogP contribution in [-0.4, -0.2) is 48.9 Å². The number of esters is 1. The van der Waals surface area contributed by atoms with Crippen LogP contribution in [0.5, 0.6) is 0 Å². The summed E-state index contributed by atoms with van der Waals surface area (Å²) in [5, 5.41) is 0. The third-order valence-corrected chi connectivity index (χ3v) is 8.45. The lowest BCUT2D eigenvalue weighted by atomic mass is 10.0. The third kappa shape index (κ3) is 6.51. The number of nitrogens with zero attached hydrogens (tertiary/aromatic N) is 3. The fourth-order valence-corrected chi connectivity index (χ4v) is 6.11. The van der Waals surface area contributed by atoms with Gasteiger partial charge in [-0.15, -0.1) is 13.2 Å². The summed E-state index contributed by atoms with van der Waals surface area (Å²) in [6.45, 7) is 13.6. The number of benzene rings is 2. The molecular formula is C27H31N3O5S2. The minimum Gasteiger partial charge on any atom is -0.465 e. The second-order valence-electron chi connectivity index (χ2n) is 8.50. The van der Waals surface area contributed by atoms with E-state index in [0.29, 0.717) is 10.7 Å². The Morgan fingerprint density at radius 2 is 1.76 bits per heavy atom. The molecule has 196 valence electrons. The number of hydrogen-bond acceptors (Lipinski definition) is 6. The minimum absolute atomic E-state index is 0.0493. The van der Waals surface area contributed by atoms with Crippen molar-refractivity contribution in [2.45, 2.75) is 38.1 Å². The Balaban J connectivity index is 2.01. The van der Waals surface area contributed by atoms with E-state index in [9.17, 15) is 18.0 Å². The maximum atomic E-state index is 13.1. The van der Waals surface area contributed by atoms with Crippen molar-refractivity contribution in [1.82, 2.24) is 8.87 Å². The quantitative estimate of drug-likeness (QED) is 0.263. The van der Waals surface area contributed by atoms with Crippen molar-refractivity contribution in [2.24, 2.45) is 4.99 Å². The molecule has 0 atom stereocenters. The van der Waals surface area contributed by atoms with Gasteiger partial charge in [0.05, 0.1) is 21.7 Å². The van der Waals surface area contributed by atoms with Crippen LogP contribution >= 0.6 is 11.3 Å². The normalized spacial score (nSPS) is 12.3. The van der Waals surface area contributed by atoms with Gasteiger partial charge in [-0.2, -0.15) is 9.30 Å². The van der Waals surface area contributed by atoms with Gasteiger partial charge in [-0.1, -0.05) is 43.4 Å². The first-order chi connectivity index (χ1) is 17.6. The van der Waals surface area contributed by atoms with E-state index in [4.69, 9.17) is 4.74 Å². The Hall–Kier alpha value is -3.34. The molecule has 0 saturated carbocycles. The van der Waals surface area contributed by atoms with Crippen molar-refractivity contribution in [3.05, 3.63) is 83.7 Å². The van der Waals surface area contributed by atoms with E-state index < -0.39 is 21.9 Å². The van der Waals surface area contributed by atoms with Gasteiger partial charge in [0.1, 0.15) is 6.54 Å². The third-order valence-electron chi connectivity index (χ3n) is 5.57. The summed E-state index contributed by atoms with van der Waals surface area (Å²) in [4.78, 5) is 30.0. The smallest absolute Gasteiger partial charge is 0.326 e. The van der Waals surface area contributed by atoms with Crippen LogP contribution in [0, 0.1) is 0 Å². The average molecular weight is 542 g/mol. The van der Waals surface area contributed by atoms with Crippen LogP contribution in [-0.2, 0) is 26.1 Å². The van der Waals surface area contributed by atoms with E-state index in [1.807, 2.05) is 18.2 Å². The topological polar surface area (TPSA) is 98.0 Å². The first kappa shape index (κ1) is 28.2. The predicted molar refractivity (Wildman–Crippen MR) is 146 cm³/mol. The van der Waals surface area contributed by atoms with Crippen LogP contribution in [0.1, 0.15) is 42.6 Å². The van der Waals surface area contributed by atoms with Gasteiger partial charge in [-0.05, 0) is 54.8 Å². The largest absolute Gasteiger partial charge is 0.465 e. The van der Waals surface area contributed by atoms with Gasteiger partial charge in [-0.25, -0.2) is 8.42 Å². The molecule has 2 aromatic carbocycles. The average Bonchev–Trinajstić information content (AvgIpc) is 3.19. The van der Waals surface area contributed by atoms with Crippen LogP contribution in [0.4, 0.5) is 0 Å². The number of hydrogen-bond donors (Lipinski definition) is 0. The highest BCUT2D eigenvalue weighted by Gasteiger charge is 2.23. The molecule has 0 N–H and O–H groups in total. The van der Waals surface area contributed by atoms with Crippen LogP contribution < -0.4 is 4.80 Å². The van der Waals surface area contributed by atoms with Gasteiger partial charge in [0, 0.05) is 18.7 Å². The highest BCUT2D eigenvalue weighted by molar-refractivity contribution is 7.89. The van der Waals surface area contributed by atoms with Gasteiger partial charge in [-0.3, -0.25) is 9.59 Å². The summed E-state index contributed by atoms with van der Waals surface area (Å²) in [5.74, 6) is -0.663. The highest BCUT2D eigenvalue weighted by atomic mass is 32.2. The lowest BCUT2D eigenvalue weighted by molar-refractivity contribution is -0.143. The maximum Gasteiger partial charge on any atom is 0.326 e. The summed E-state index contributed by atoms with van der Waals surface area (Å²) in [7, 11) is -3.79. The molecule has 0 saturated heterocycles. The highest BCUT2D eigenvalue weighted by Crippen LogP contribution is 2.24. The fraction of sp³-hybridized carbons (Fsp3) is 0.296. The fourth-order valence-electron chi connectivity index (χ4n) is 3.65. The monoisotopic (exact) mass is 541 g/mol. The number of thiazole rings is 1. The molecule has 0 aliphatic carbocycles. The maximum absolute atomic E-state index is 13.1.